The van der Waals surface area contributed by atoms with Gasteiger partial charge in [-0.3, -0.25) is 4.79 Å². The Morgan fingerprint density at radius 3 is 2.33 bits per heavy atom. The van der Waals surface area contributed by atoms with Crippen molar-refractivity contribution in [3.05, 3.63) is 65.4 Å². The molecule has 0 aliphatic rings. The van der Waals surface area contributed by atoms with E-state index in [1.807, 2.05) is 67.9 Å². The third kappa shape index (κ3) is 2.55. The monoisotopic (exact) mass is 278 g/mol. The molecule has 3 rings (SSSR count). The van der Waals surface area contributed by atoms with Crippen LogP contribution in [0.3, 0.4) is 0 Å². The summed E-state index contributed by atoms with van der Waals surface area (Å²) in [5, 5.41) is 4.06. The minimum absolute atomic E-state index is 0.0845. The van der Waals surface area contributed by atoms with Gasteiger partial charge < -0.3 is 9.88 Å². The van der Waals surface area contributed by atoms with Crippen LogP contribution in [-0.2, 0) is 7.05 Å². The van der Waals surface area contributed by atoms with E-state index in [-0.39, 0.29) is 5.91 Å². The predicted molar refractivity (Wildman–Crippen MR) is 86.8 cm³/mol. The van der Waals surface area contributed by atoms with Gasteiger partial charge in [-0.25, -0.2) is 0 Å². The van der Waals surface area contributed by atoms with Gasteiger partial charge in [-0.2, -0.15) is 0 Å². The van der Waals surface area contributed by atoms with E-state index in [1.54, 1.807) is 0 Å². The number of anilines is 1. The highest BCUT2D eigenvalue weighted by atomic mass is 16.1. The molecule has 2 aromatic carbocycles. The molecule has 3 nitrogen and oxygen atoms in total. The fraction of sp³-hybridized carbons (Fsp3) is 0.167. The van der Waals surface area contributed by atoms with Gasteiger partial charge >= 0.3 is 0 Å². The lowest BCUT2D eigenvalue weighted by Crippen LogP contribution is -2.15. The van der Waals surface area contributed by atoms with Gasteiger partial charge in [0, 0.05) is 23.6 Å². The Morgan fingerprint density at radius 1 is 1.00 bits per heavy atom. The normalized spacial score (nSPS) is 10.8. The zero-order valence-corrected chi connectivity index (χ0v) is 12.5. The first-order valence-electron chi connectivity index (χ1n) is 6.99. The molecule has 0 saturated carbocycles. The molecule has 3 aromatic rings. The van der Waals surface area contributed by atoms with Gasteiger partial charge in [0.05, 0.1) is 0 Å². The maximum Gasteiger partial charge on any atom is 0.272 e. The van der Waals surface area contributed by atoms with E-state index in [4.69, 9.17) is 0 Å². The first-order valence-corrected chi connectivity index (χ1v) is 6.99. The minimum atomic E-state index is -0.0845. The molecule has 0 unspecified atom stereocenters. The van der Waals surface area contributed by atoms with E-state index >= 15 is 0 Å². The minimum Gasteiger partial charge on any atom is -0.340 e. The lowest BCUT2D eigenvalue weighted by atomic mass is 10.1. The molecule has 0 aliphatic carbocycles. The lowest BCUT2D eigenvalue weighted by molar-refractivity contribution is 0.102. The first-order chi connectivity index (χ1) is 10.0. The van der Waals surface area contributed by atoms with Crippen LogP contribution in [0.1, 0.15) is 21.6 Å². The molecule has 0 aliphatic heterocycles. The molecular formula is C18H18N2O. The van der Waals surface area contributed by atoms with Crippen LogP contribution in [0, 0.1) is 13.8 Å². The maximum absolute atomic E-state index is 12.5. The van der Waals surface area contributed by atoms with Crippen molar-refractivity contribution in [3.63, 3.8) is 0 Å². The van der Waals surface area contributed by atoms with Crippen molar-refractivity contribution in [2.75, 3.05) is 5.32 Å². The van der Waals surface area contributed by atoms with E-state index < -0.39 is 0 Å². The molecule has 106 valence electrons. The van der Waals surface area contributed by atoms with Crippen molar-refractivity contribution in [1.82, 2.24) is 4.57 Å². The molecule has 0 saturated heterocycles. The molecule has 0 radical (unpaired) electrons. The summed E-state index contributed by atoms with van der Waals surface area (Å²) in [5.41, 5.74) is 4.84. The average molecular weight is 278 g/mol. The number of fused-ring (bicyclic) bond motifs is 1. The molecule has 0 spiro atoms. The van der Waals surface area contributed by atoms with Crippen molar-refractivity contribution < 1.29 is 4.79 Å². The van der Waals surface area contributed by atoms with E-state index in [0.717, 1.165) is 27.7 Å². The number of hydrogen-bond acceptors (Lipinski definition) is 1. The number of benzene rings is 2. The number of nitrogens with one attached hydrogen (secondary N) is 1. The molecule has 1 N–H and O–H groups in total. The van der Waals surface area contributed by atoms with E-state index in [2.05, 4.69) is 11.4 Å². The van der Waals surface area contributed by atoms with Gasteiger partial charge in [-0.05, 0) is 49.2 Å². The van der Waals surface area contributed by atoms with Crippen LogP contribution in [-0.4, -0.2) is 10.5 Å². The van der Waals surface area contributed by atoms with E-state index in [1.165, 1.54) is 0 Å². The SMILES string of the molecule is Cc1cc(C)cc(NC(=O)c2cc3ccccc3n2C)c1. The topological polar surface area (TPSA) is 34.0 Å². The highest BCUT2D eigenvalue weighted by Crippen LogP contribution is 2.20. The molecule has 0 bridgehead atoms. The second-order valence-corrected chi connectivity index (χ2v) is 5.48. The number of carbonyl (C=O) groups is 1. The highest BCUT2D eigenvalue weighted by Gasteiger charge is 2.13. The third-order valence-corrected chi connectivity index (χ3v) is 3.66. The quantitative estimate of drug-likeness (QED) is 0.754. The van der Waals surface area contributed by atoms with Crippen molar-refractivity contribution in [2.45, 2.75) is 13.8 Å². The van der Waals surface area contributed by atoms with E-state index in [0.29, 0.717) is 5.69 Å². The Hall–Kier alpha value is -2.55. The standard InChI is InChI=1S/C18H18N2O/c1-12-8-13(2)10-15(9-12)19-18(21)17-11-14-6-4-5-7-16(14)20(17)3/h4-11H,1-3H3,(H,19,21). The Bertz CT molecular complexity index is 810. The Labute approximate surface area is 124 Å². The summed E-state index contributed by atoms with van der Waals surface area (Å²) in [6.07, 6.45) is 0. The second-order valence-electron chi connectivity index (χ2n) is 5.48. The molecule has 21 heavy (non-hydrogen) atoms. The Morgan fingerprint density at radius 2 is 1.67 bits per heavy atom. The van der Waals surface area contributed by atoms with Crippen LogP contribution in [0.4, 0.5) is 5.69 Å². The summed E-state index contributed by atoms with van der Waals surface area (Å²) in [6, 6.07) is 16.0. The number of carbonyl (C=O) groups excluding carboxylic acids is 1. The first kappa shape index (κ1) is 13.4. The van der Waals surface area contributed by atoms with Gasteiger partial charge in [-0.15, -0.1) is 0 Å². The van der Waals surface area contributed by atoms with Crippen molar-refractivity contribution >= 4 is 22.5 Å². The lowest BCUT2D eigenvalue weighted by Gasteiger charge is -2.08. The fourth-order valence-electron chi connectivity index (χ4n) is 2.75. The summed E-state index contributed by atoms with van der Waals surface area (Å²) in [6.45, 7) is 4.05. The summed E-state index contributed by atoms with van der Waals surface area (Å²) < 4.78 is 1.92. The summed E-state index contributed by atoms with van der Waals surface area (Å²) >= 11 is 0. The van der Waals surface area contributed by atoms with Crippen molar-refractivity contribution in [3.8, 4) is 0 Å². The van der Waals surface area contributed by atoms with Crippen LogP contribution in [0.2, 0.25) is 0 Å². The number of hydrogen-bond donors (Lipinski definition) is 1. The number of nitrogens with zero attached hydrogens (tertiary/aromatic N) is 1. The molecular weight excluding hydrogens is 260 g/mol. The second kappa shape index (κ2) is 5.09. The van der Waals surface area contributed by atoms with Gasteiger partial charge in [0.2, 0.25) is 0 Å². The molecule has 0 fully saturated rings. The Balaban J connectivity index is 1.95. The molecule has 3 heteroatoms. The third-order valence-electron chi connectivity index (χ3n) is 3.66. The zero-order chi connectivity index (χ0) is 15.0. The van der Waals surface area contributed by atoms with Gasteiger partial charge in [0.1, 0.15) is 5.69 Å². The van der Waals surface area contributed by atoms with Gasteiger partial charge in [-0.1, -0.05) is 24.3 Å². The van der Waals surface area contributed by atoms with E-state index in [9.17, 15) is 4.79 Å². The Kier molecular flexibility index (Phi) is 3.26. The van der Waals surface area contributed by atoms with Crippen molar-refractivity contribution in [2.24, 2.45) is 7.05 Å². The largest absolute Gasteiger partial charge is 0.340 e. The summed E-state index contributed by atoms with van der Waals surface area (Å²) in [7, 11) is 1.92. The van der Waals surface area contributed by atoms with Crippen LogP contribution in [0.25, 0.3) is 10.9 Å². The number of para-hydroxylation sites is 1. The van der Waals surface area contributed by atoms with Crippen molar-refractivity contribution in [1.29, 1.82) is 0 Å². The predicted octanol–water partition coefficient (Wildman–Crippen LogP) is 4.05. The zero-order valence-electron chi connectivity index (χ0n) is 12.5. The van der Waals surface area contributed by atoms with Crippen LogP contribution < -0.4 is 5.32 Å². The van der Waals surface area contributed by atoms with Crippen LogP contribution in [0.15, 0.2) is 48.5 Å². The number of amides is 1. The molecule has 0 atom stereocenters. The van der Waals surface area contributed by atoms with Crippen LogP contribution >= 0.6 is 0 Å². The summed E-state index contributed by atoms with van der Waals surface area (Å²) in [5.74, 6) is -0.0845. The number of rotatable bonds is 2. The molecule has 1 heterocycles. The fourth-order valence-corrected chi connectivity index (χ4v) is 2.75. The van der Waals surface area contributed by atoms with Gasteiger partial charge in [0.15, 0.2) is 0 Å². The molecule has 1 aromatic heterocycles. The summed E-state index contributed by atoms with van der Waals surface area (Å²) in [4.78, 5) is 12.5. The number of aromatic nitrogens is 1. The smallest absolute Gasteiger partial charge is 0.272 e. The highest BCUT2D eigenvalue weighted by molar-refractivity contribution is 6.06. The van der Waals surface area contributed by atoms with Gasteiger partial charge in [0.25, 0.3) is 5.91 Å². The molecule has 1 amide bonds. The average Bonchev–Trinajstić information content (AvgIpc) is 2.76. The van der Waals surface area contributed by atoms with Crippen LogP contribution in [0.5, 0.6) is 0 Å². The maximum atomic E-state index is 12.5. The number of aryl methyl sites for hydroxylation is 3.